The second kappa shape index (κ2) is 8.54. The summed E-state index contributed by atoms with van der Waals surface area (Å²) in [7, 11) is 1.88. The van der Waals surface area contributed by atoms with Crippen LogP contribution in [-0.4, -0.2) is 26.3 Å². The molecule has 0 fully saturated rings. The van der Waals surface area contributed by atoms with Gasteiger partial charge in [0.2, 0.25) is 0 Å². The summed E-state index contributed by atoms with van der Waals surface area (Å²) >= 11 is 5.62. The summed E-state index contributed by atoms with van der Waals surface area (Å²) in [6.07, 6.45) is -2.71. The molecule has 3 rings (SSSR count). The van der Waals surface area contributed by atoms with Crippen molar-refractivity contribution in [1.82, 2.24) is 19.2 Å². The topological polar surface area (TPSA) is 39.1 Å². The number of benzene rings is 1. The molecule has 3 aromatic rings. The van der Waals surface area contributed by atoms with Crippen molar-refractivity contribution in [3.05, 3.63) is 70.1 Å². The van der Waals surface area contributed by atoms with Crippen LogP contribution < -0.4 is 0 Å². The molecule has 0 saturated carbocycles. The zero-order valence-corrected chi connectivity index (χ0v) is 17.3. The van der Waals surface area contributed by atoms with Gasteiger partial charge in [-0.05, 0) is 49.1 Å². The van der Waals surface area contributed by atoms with Crippen LogP contribution in [-0.2, 0) is 25.9 Å². The zero-order chi connectivity index (χ0) is 21.2. The molecular weight excluding hydrogens is 401 g/mol. The number of nitrogens with zero attached hydrogens (tertiary/aromatic N) is 4. The lowest BCUT2D eigenvalue weighted by Crippen LogP contribution is -2.22. The monoisotopic (exact) mass is 424 g/mol. The molecule has 29 heavy (non-hydrogen) atoms. The van der Waals surface area contributed by atoms with Crippen molar-refractivity contribution >= 4 is 12.2 Å². The molecule has 0 unspecified atom stereocenters. The van der Waals surface area contributed by atoms with E-state index in [4.69, 9.17) is 16.6 Å². The van der Waals surface area contributed by atoms with E-state index in [0.29, 0.717) is 24.5 Å². The Morgan fingerprint density at radius 1 is 1.17 bits per heavy atom. The Bertz CT molecular complexity index is 988. The van der Waals surface area contributed by atoms with Crippen LogP contribution >= 0.6 is 12.2 Å². The van der Waals surface area contributed by atoms with Crippen molar-refractivity contribution in [3.63, 3.8) is 0 Å². The number of furan rings is 1. The third-order valence-corrected chi connectivity index (χ3v) is 4.90. The maximum atomic E-state index is 12.7. The highest BCUT2D eigenvalue weighted by Crippen LogP contribution is 2.29. The van der Waals surface area contributed by atoms with Crippen molar-refractivity contribution < 1.29 is 17.6 Å². The second-order valence-electron chi connectivity index (χ2n) is 7.31. The molecule has 5 nitrogen and oxygen atoms in total. The number of aromatic nitrogens is 3. The molecule has 0 N–H and O–H groups in total. The quantitative estimate of drug-likeness (QED) is 0.484. The highest BCUT2D eigenvalue weighted by Gasteiger charge is 2.29. The van der Waals surface area contributed by atoms with Crippen LogP contribution in [0.2, 0.25) is 0 Å². The largest absolute Gasteiger partial charge is 0.467 e. The van der Waals surface area contributed by atoms with Gasteiger partial charge in [-0.3, -0.25) is 9.47 Å². The van der Waals surface area contributed by atoms with E-state index < -0.39 is 11.7 Å². The van der Waals surface area contributed by atoms with Crippen molar-refractivity contribution in [2.24, 2.45) is 0 Å². The minimum atomic E-state index is -4.33. The summed E-state index contributed by atoms with van der Waals surface area (Å²) in [5.41, 5.74) is 0.135. The molecule has 9 heteroatoms. The first kappa shape index (κ1) is 21.3. The Morgan fingerprint density at radius 3 is 2.41 bits per heavy atom. The van der Waals surface area contributed by atoms with E-state index in [-0.39, 0.29) is 5.92 Å². The summed E-state index contributed by atoms with van der Waals surface area (Å²) in [6.45, 7) is 5.49. The minimum Gasteiger partial charge on any atom is -0.467 e. The van der Waals surface area contributed by atoms with Gasteiger partial charge in [0, 0.05) is 12.5 Å². The predicted molar refractivity (Wildman–Crippen MR) is 106 cm³/mol. The van der Waals surface area contributed by atoms with Gasteiger partial charge in [0.05, 0.1) is 25.0 Å². The Balaban J connectivity index is 1.74. The van der Waals surface area contributed by atoms with Gasteiger partial charge in [0.25, 0.3) is 0 Å². The maximum absolute atomic E-state index is 12.7. The first-order valence-corrected chi connectivity index (χ1v) is 9.60. The van der Waals surface area contributed by atoms with Crippen molar-refractivity contribution in [3.8, 4) is 0 Å². The third kappa shape index (κ3) is 5.16. The first-order valence-electron chi connectivity index (χ1n) is 9.19. The Hall–Kier alpha value is -2.39. The predicted octanol–water partition coefficient (Wildman–Crippen LogP) is 5.29. The lowest BCUT2D eigenvalue weighted by molar-refractivity contribution is -0.137. The molecule has 0 aliphatic rings. The Kier molecular flexibility index (Phi) is 6.28. The van der Waals surface area contributed by atoms with Gasteiger partial charge in [-0.2, -0.15) is 18.3 Å². The van der Waals surface area contributed by atoms with Gasteiger partial charge in [0.1, 0.15) is 11.6 Å². The van der Waals surface area contributed by atoms with Gasteiger partial charge in [-0.1, -0.05) is 26.0 Å². The molecule has 0 saturated heterocycles. The number of rotatable bonds is 7. The highest BCUT2D eigenvalue weighted by atomic mass is 32.1. The van der Waals surface area contributed by atoms with Crippen molar-refractivity contribution in [1.29, 1.82) is 0 Å². The molecule has 156 valence electrons. The molecular formula is C20H23F3N4OS. The molecule has 0 aliphatic heterocycles. The molecule has 2 aromatic heterocycles. The molecule has 0 radical (unpaired) electrons. The molecule has 0 atom stereocenters. The van der Waals surface area contributed by atoms with Crippen LogP contribution in [0.1, 0.15) is 42.5 Å². The summed E-state index contributed by atoms with van der Waals surface area (Å²) in [6, 6.07) is 8.91. The van der Waals surface area contributed by atoms with E-state index in [1.165, 1.54) is 12.1 Å². The molecule has 0 amide bonds. The van der Waals surface area contributed by atoms with Crippen LogP contribution in [0.25, 0.3) is 0 Å². The Labute approximate surface area is 172 Å². The highest BCUT2D eigenvalue weighted by molar-refractivity contribution is 7.71. The third-order valence-electron chi connectivity index (χ3n) is 4.47. The minimum absolute atomic E-state index is 0.174. The smallest absolute Gasteiger partial charge is 0.416 e. The van der Waals surface area contributed by atoms with Gasteiger partial charge in [0.15, 0.2) is 4.77 Å². The van der Waals surface area contributed by atoms with Crippen molar-refractivity contribution in [2.45, 2.75) is 45.7 Å². The number of hydrogen-bond donors (Lipinski definition) is 0. The summed E-state index contributed by atoms with van der Waals surface area (Å²) in [4.78, 5) is 1.95. The average molecular weight is 424 g/mol. The zero-order valence-electron chi connectivity index (χ0n) is 16.5. The molecule has 0 bridgehead atoms. The van der Waals surface area contributed by atoms with Crippen LogP contribution in [0, 0.1) is 4.77 Å². The maximum Gasteiger partial charge on any atom is 0.416 e. The number of alkyl halides is 3. The standard InChI is InChI=1S/C20H23F3N4OS/c1-14(2)18-24-27(19(29)26(18)12-17-5-4-10-28-17)13-25(3)11-15-6-8-16(9-7-15)20(21,22)23/h4-10,14H,11-13H2,1-3H3. The van der Waals surface area contributed by atoms with E-state index in [0.717, 1.165) is 29.3 Å². The van der Waals surface area contributed by atoms with E-state index in [1.54, 1.807) is 10.9 Å². The molecule has 1 aromatic carbocycles. The van der Waals surface area contributed by atoms with Gasteiger partial charge < -0.3 is 4.42 Å². The Morgan fingerprint density at radius 2 is 1.86 bits per heavy atom. The normalized spacial score (nSPS) is 12.3. The first-order chi connectivity index (χ1) is 13.6. The van der Waals surface area contributed by atoms with E-state index >= 15 is 0 Å². The second-order valence-corrected chi connectivity index (χ2v) is 7.68. The van der Waals surface area contributed by atoms with E-state index in [9.17, 15) is 13.2 Å². The van der Waals surface area contributed by atoms with E-state index in [1.807, 2.05) is 42.5 Å². The molecule has 0 spiro atoms. The fourth-order valence-corrected chi connectivity index (χ4v) is 3.33. The van der Waals surface area contributed by atoms with E-state index in [2.05, 4.69) is 5.10 Å². The summed E-state index contributed by atoms with van der Waals surface area (Å²) in [5.74, 6) is 1.82. The fraction of sp³-hybridized carbons (Fsp3) is 0.400. The lowest BCUT2D eigenvalue weighted by atomic mass is 10.1. The van der Waals surface area contributed by atoms with Gasteiger partial charge in [-0.25, -0.2) is 4.68 Å². The lowest BCUT2D eigenvalue weighted by Gasteiger charge is -2.17. The van der Waals surface area contributed by atoms with Crippen LogP contribution in [0.5, 0.6) is 0 Å². The number of halogens is 3. The van der Waals surface area contributed by atoms with Crippen LogP contribution in [0.4, 0.5) is 13.2 Å². The van der Waals surface area contributed by atoms with Gasteiger partial charge >= 0.3 is 6.18 Å². The van der Waals surface area contributed by atoms with Crippen LogP contribution in [0.3, 0.4) is 0 Å². The summed E-state index contributed by atoms with van der Waals surface area (Å²) in [5, 5.41) is 4.66. The van der Waals surface area contributed by atoms with Crippen LogP contribution in [0.15, 0.2) is 47.1 Å². The van der Waals surface area contributed by atoms with Crippen molar-refractivity contribution in [2.75, 3.05) is 7.05 Å². The fourth-order valence-electron chi connectivity index (χ4n) is 3.07. The molecule has 2 heterocycles. The number of hydrogen-bond acceptors (Lipinski definition) is 4. The molecule has 0 aliphatic carbocycles. The SMILES string of the molecule is CC(C)c1nn(CN(C)Cc2ccc(C(F)(F)F)cc2)c(=S)n1Cc1ccco1. The van der Waals surface area contributed by atoms with Gasteiger partial charge in [-0.15, -0.1) is 0 Å². The average Bonchev–Trinajstić information content (AvgIpc) is 3.25. The summed E-state index contributed by atoms with van der Waals surface area (Å²) < 4.78 is 47.8.